The van der Waals surface area contributed by atoms with E-state index < -0.39 is 0 Å². The first-order valence-corrected chi connectivity index (χ1v) is 6.07. The molecule has 0 amide bonds. The lowest BCUT2D eigenvalue weighted by Crippen LogP contribution is -2.08. The normalized spacial score (nSPS) is 10.2. The monoisotopic (exact) mass is 254 g/mol. The SMILES string of the molecule is Cc1ccc(C(=O)CCC(=O)c2ncccn2)cc1. The van der Waals surface area contributed by atoms with Crippen LogP contribution in [0.5, 0.6) is 0 Å². The Kier molecular flexibility index (Phi) is 4.13. The van der Waals surface area contributed by atoms with Gasteiger partial charge in [-0.15, -0.1) is 0 Å². The molecule has 0 saturated carbocycles. The number of aryl methyl sites for hydroxylation is 1. The number of ketones is 2. The molecule has 1 heterocycles. The highest BCUT2D eigenvalue weighted by Gasteiger charge is 2.12. The van der Waals surface area contributed by atoms with Gasteiger partial charge in [0.1, 0.15) is 0 Å². The van der Waals surface area contributed by atoms with E-state index in [-0.39, 0.29) is 30.2 Å². The number of aromatic nitrogens is 2. The number of hydrogen-bond donors (Lipinski definition) is 0. The van der Waals surface area contributed by atoms with Gasteiger partial charge in [-0.05, 0) is 13.0 Å². The predicted octanol–water partition coefficient (Wildman–Crippen LogP) is 2.63. The van der Waals surface area contributed by atoms with Gasteiger partial charge in [0.05, 0.1) is 0 Å². The van der Waals surface area contributed by atoms with Gasteiger partial charge in [0, 0.05) is 30.8 Å². The molecule has 0 spiro atoms. The zero-order valence-corrected chi connectivity index (χ0v) is 10.7. The van der Waals surface area contributed by atoms with Crippen LogP contribution in [-0.4, -0.2) is 21.5 Å². The summed E-state index contributed by atoms with van der Waals surface area (Å²) in [5.41, 5.74) is 1.73. The molecule has 96 valence electrons. The van der Waals surface area contributed by atoms with E-state index >= 15 is 0 Å². The average Bonchev–Trinajstić information content (AvgIpc) is 2.46. The molecule has 4 nitrogen and oxygen atoms in total. The molecule has 2 aromatic rings. The third-order valence-electron chi connectivity index (χ3n) is 2.77. The second kappa shape index (κ2) is 6.00. The quantitative estimate of drug-likeness (QED) is 0.769. The molecule has 0 unspecified atom stereocenters. The molecule has 0 saturated heterocycles. The van der Waals surface area contributed by atoms with Gasteiger partial charge in [0.15, 0.2) is 17.4 Å². The van der Waals surface area contributed by atoms with Crippen molar-refractivity contribution in [2.75, 3.05) is 0 Å². The van der Waals surface area contributed by atoms with Crippen molar-refractivity contribution in [3.8, 4) is 0 Å². The summed E-state index contributed by atoms with van der Waals surface area (Å²) in [4.78, 5) is 31.4. The number of hydrogen-bond acceptors (Lipinski definition) is 4. The highest BCUT2D eigenvalue weighted by molar-refractivity contribution is 6.00. The van der Waals surface area contributed by atoms with Crippen molar-refractivity contribution in [3.05, 3.63) is 59.7 Å². The first-order chi connectivity index (χ1) is 9.16. The molecular formula is C15H14N2O2. The lowest BCUT2D eigenvalue weighted by Gasteiger charge is -2.01. The molecule has 1 aromatic carbocycles. The number of carbonyl (C=O) groups excluding carboxylic acids is 2. The van der Waals surface area contributed by atoms with Crippen molar-refractivity contribution in [1.82, 2.24) is 9.97 Å². The van der Waals surface area contributed by atoms with Crippen LogP contribution in [0.3, 0.4) is 0 Å². The molecular weight excluding hydrogens is 240 g/mol. The summed E-state index contributed by atoms with van der Waals surface area (Å²) in [5.74, 6) is -0.0791. The van der Waals surface area contributed by atoms with Crippen molar-refractivity contribution in [2.45, 2.75) is 19.8 Å². The van der Waals surface area contributed by atoms with Crippen molar-refractivity contribution in [1.29, 1.82) is 0 Å². The molecule has 19 heavy (non-hydrogen) atoms. The van der Waals surface area contributed by atoms with Gasteiger partial charge in [0.25, 0.3) is 0 Å². The first kappa shape index (κ1) is 13.1. The first-order valence-electron chi connectivity index (χ1n) is 6.07. The number of benzene rings is 1. The second-order valence-electron chi connectivity index (χ2n) is 4.28. The van der Waals surface area contributed by atoms with E-state index in [0.717, 1.165) is 5.56 Å². The van der Waals surface area contributed by atoms with Crippen LogP contribution in [0.4, 0.5) is 0 Å². The molecule has 0 aliphatic rings. The van der Waals surface area contributed by atoms with Crippen LogP contribution in [-0.2, 0) is 0 Å². The van der Waals surface area contributed by atoms with E-state index in [1.807, 2.05) is 19.1 Å². The van der Waals surface area contributed by atoms with Crippen LogP contribution in [0.15, 0.2) is 42.7 Å². The van der Waals surface area contributed by atoms with Crippen molar-refractivity contribution >= 4 is 11.6 Å². The summed E-state index contributed by atoms with van der Waals surface area (Å²) < 4.78 is 0. The van der Waals surface area contributed by atoms with Gasteiger partial charge < -0.3 is 0 Å². The Balaban J connectivity index is 1.94. The van der Waals surface area contributed by atoms with E-state index in [0.29, 0.717) is 5.56 Å². The molecule has 1 aromatic heterocycles. The van der Waals surface area contributed by atoms with Crippen LogP contribution in [0.2, 0.25) is 0 Å². The summed E-state index contributed by atoms with van der Waals surface area (Å²) in [7, 11) is 0. The second-order valence-corrected chi connectivity index (χ2v) is 4.28. The Morgan fingerprint density at radius 3 is 2.16 bits per heavy atom. The summed E-state index contributed by atoms with van der Waals surface area (Å²) >= 11 is 0. The lowest BCUT2D eigenvalue weighted by molar-refractivity contribution is 0.0912. The maximum absolute atomic E-state index is 11.9. The van der Waals surface area contributed by atoms with Gasteiger partial charge >= 0.3 is 0 Å². The van der Waals surface area contributed by atoms with Gasteiger partial charge in [-0.3, -0.25) is 9.59 Å². The standard InChI is InChI=1S/C15H14N2O2/c1-11-3-5-12(6-4-11)13(18)7-8-14(19)15-16-9-2-10-17-15/h2-6,9-10H,7-8H2,1H3. The Bertz CT molecular complexity index is 577. The predicted molar refractivity (Wildman–Crippen MR) is 71.1 cm³/mol. The summed E-state index contributed by atoms with van der Waals surface area (Å²) in [5, 5.41) is 0. The summed E-state index contributed by atoms with van der Waals surface area (Å²) in [6, 6.07) is 8.97. The lowest BCUT2D eigenvalue weighted by atomic mass is 10.0. The zero-order valence-electron chi connectivity index (χ0n) is 10.7. The topological polar surface area (TPSA) is 59.9 Å². The Morgan fingerprint density at radius 2 is 1.53 bits per heavy atom. The summed E-state index contributed by atoms with van der Waals surface area (Å²) in [6.07, 6.45) is 3.35. The van der Waals surface area contributed by atoms with E-state index in [2.05, 4.69) is 9.97 Å². The van der Waals surface area contributed by atoms with Crippen molar-refractivity contribution in [2.24, 2.45) is 0 Å². The highest BCUT2D eigenvalue weighted by atomic mass is 16.1. The van der Waals surface area contributed by atoms with E-state index in [1.54, 1.807) is 18.2 Å². The Hall–Kier alpha value is -2.36. The largest absolute Gasteiger partial charge is 0.294 e. The fraction of sp³-hybridized carbons (Fsp3) is 0.200. The van der Waals surface area contributed by atoms with Gasteiger partial charge in [0.2, 0.25) is 0 Å². The number of nitrogens with zero attached hydrogens (tertiary/aromatic N) is 2. The zero-order chi connectivity index (χ0) is 13.7. The van der Waals surface area contributed by atoms with E-state index in [1.165, 1.54) is 12.4 Å². The number of carbonyl (C=O) groups is 2. The van der Waals surface area contributed by atoms with E-state index in [9.17, 15) is 9.59 Å². The van der Waals surface area contributed by atoms with Crippen molar-refractivity contribution in [3.63, 3.8) is 0 Å². The third kappa shape index (κ3) is 3.55. The van der Waals surface area contributed by atoms with E-state index in [4.69, 9.17) is 0 Å². The van der Waals surface area contributed by atoms with Crippen LogP contribution in [0.1, 0.15) is 39.4 Å². The minimum atomic E-state index is -0.207. The van der Waals surface area contributed by atoms with Gasteiger partial charge in [-0.2, -0.15) is 0 Å². The maximum atomic E-state index is 11.9. The summed E-state index contributed by atoms with van der Waals surface area (Å²) in [6.45, 7) is 1.96. The molecule has 0 bridgehead atoms. The Morgan fingerprint density at radius 1 is 0.947 bits per heavy atom. The maximum Gasteiger partial charge on any atom is 0.200 e. The smallest absolute Gasteiger partial charge is 0.200 e. The molecule has 2 rings (SSSR count). The fourth-order valence-corrected chi connectivity index (χ4v) is 1.67. The average molecular weight is 254 g/mol. The van der Waals surface area contributed by atoms with Crippen LogP contribution in [0.25, 0.3) is 0 Å². The molecule has 0 fully saturated rings. The highest BCUT2D eigenvalue weighted by Crippen LogP contribution is 2.09. The molecule has 0 aliphatic heterocycles. The van der Waals surface area contributed by atoms with Crippen LogP contribution >= 0.6 is 0 Å². The fourth-order valence-electron chi connectivity index (χ4n) is 1.67. The molecule has 0 N–H and O–H groups in total. The third-order valence-corrected chi connectivity index (χ3v) is 2.77. The molecule has 4 heteroatoms. The van der Waals surface area contributed by atoms with Crippen LogP contribution in [0, 0.1) is 6.92 Å². The molecule has 0 atom stereocenters. The van der Waals surface area contributed by atoms with Gasteiger partial charge in [-0.25, -0.2) is 9.97 Å². The minimum Gasteiger partial charge on any atom is -0.294 e. The van der Waals surface area contributed by atoms with Gasteiger partial charge in [-0.1, -0.05) is 29.8 Å². The molecule has 0 radical (unpaired) electrons. The number of rotatable bonds is 5. The van der Waals surface area contributed by atoms with Crippen LogP contribution < -0.4 is 0 Å². The number of Topliss-reactive ketones (excluding diaryl/α,β-unsaturated/α-hetero) is 2. The minimum absolute atomic E-state index is 0.0377. The molecule has 0 aliphatic carbocycles. The van der Waals surface area contributed by atoms with Crippen molar-refractivity contribution < 1.29 is 9.59 Å². The Labute approximate surface area is 111 Å².